The molecule has 5 aromatic carbocycles. The second-order valence-corrected chi connectivity index (χ2v) is 12.2. The van der Waals surface area contributed by atoms with E-state index >= 15 is 0 Å². The first kappa shape index (κ1) is 32.6. The molecule has 8 N–H and O–H groups in total. The van der Waals surface area contributed by atoms with Crippen LogP contribution in [-0.2, 0) is 5.41 Å². The second kappa shape index (κ2) is 12.7. The van der Waals surface area contributed by atoms with Gasteiger partial charge in [-0.2, -0.15) is 0 Å². The third kappa shape index (κ3) is 6.46. The summed E-state index contributed by atoms with van der Waals surface area (Å²) in [5.41, 5.74) is 15.1. The first-order valence-corrected chi connectivity index (χ1v) is 15.2. The highest BCUT2D eigenvalue weighted by molar-refractivity contribution is 6.05. The zero-order chi connectivity index (χ0) is 35.0. The fraction of sp³-hybridized carbons (Fsp3) is 0.105. The third-order valence-electron chi connectivity index (χ3n) is 8.86. The Morgan fingerprint density at radius 2 is 1.55 bits per heavy atom. The summed E-state index contributed by atoms with van der Waals surface area (Å²) < 4.78 is 28.0. The highest BCUT2D eigenvalue weighted by Gasteiger charge is 2.39. The average molecular weight is 660 g/mol. The van der Waals surface area contributed by atoms with E-state index in [9.17, 15) is 28.3 Å². The third-order valence-corrected chi connectivity index (χ3v) is 8.86. The van der Waals surface area contributed by atoms with Crippen molar-refractivity contribution in [2.75, 3.05) is 10.6 Å². The number of hydrogen-bond acceptors (Lipinski definition) is 5. The summed E-state index contributed by atoms with van der Waals surface area (Å²) in [6, 6.07) is 26.6. The topological polar surface area (TPSA) is 171 Å². The minimum Gasteiger partial charge on any atom is -0.478 e. The van der Waals surface area contributed by atoms with Gasteiger partial charge in [0.15, 0.2) is 0 Å². The van der Waals surface area contributed by atoms with Crippen molar-refractivity contribution >= 4 is 35.0 Å². The Morgan fingerprint density at radius 1 is 0.857 bits per heavy atom. The molecule has 0 saturated heterocycles. The minimum absolute atomic E-state index is 0.00748. The summed E-state index contributed by atoms with van der Waals surface area (Å²) in [5.74, 6) is -4.78. The van der Waals surface area contributed by atoms with E-state index in [0.29, 0.717) is 29.2 Å². The summed E-state index contributed by atoms with van der Waals surface area (Å²) in [7, 11) is 0. The van der Waals surface area contributed by atoms with Gasteiger partial charge in [-0.25, -0.2) is 13.6 Å². The monoisotopic (exact) mass is 659 g/mol. The number of rotatable bonds is 8. The van der Waals surface area contributed by atoms with Crippen LogP contribution < -0.4 is 22.1 Å². The number of amidine groups is 1. The van der Waals surface area contributed by atoms with Crippen LogP contribution in [0.15, 0.2) is 103 Å². The Morgan fingerprint density at radius 3 is 2.20 bits per heavy atom. The Hall–Kier alpha value is -6.36. The number of nitrogens with one attached hydrogen (secondary N) is 3. The van der Waals surface area contributed by atoms with E-state index in [4.69, 9.17) is 16.9 Å². The molecule has 246 valence electrons. The number of nitrogen functional groups attached to an aromatic ring is 1. The van der Waals surface area contributed by atoms with Crippen molar-refractivity contribution in [2.45, 2.75) is 24.8 Å². The highest BCUT2D eigenvalue weighted by Crippen LogP contribution is 2.49. The number of carbonyl (C=O) groups excluding carboxylic acids is 2. The van der Waals surface area contributed by atoms with Gasteiger partial charge in [0.25, 0.3) is 5.91 Å². The molecule has 0 spiro atoms. The van der Waals surface area contributed by atoms with Gasteiger partial charge >= 0.3 is 5.97 Å². The minimum atomic E-state index is -1.30. The van der Waals surface area contributed by atoms with Crippen LogP contribution in [0.1, 0.15) is 72.7 Å². The number of hydrogen-bond donors (Lipinski definition) is 6. The Kier molecular flexibility index (Phi) is 8.43. The summed E-state index contributed by atoms with van der Waals surface area (Å²) in [6.45, 7) is 2.09. The number of primary amides is 1. The molecular formula is C38H31F2N5O4. The average Bonchev–Trinajstić information content (AvgIpc) is 3.07. The van der Waals surface area contributed by atoms with Crippen molar-refractivity contribution in [3.63, 3.8) is 0 Å². The van der Waals surface area contributed by atoms with Crippen molar-refractivity contribution in [1.29, 1.82) is 5.41 Å². The number of benzene rings is 5. The molecule has 2 atom stereocenters. The first-order chi connectivity index (χ1) is 23.3. The molecule has 0 aromatic heterocycles. The SMILES string of the molecule is CC1(c2ccccc2)CC(c2cc(NC(=O)c3cc(F)cc(F)c3)cc(-c3ccc(C(N)=O)cc3C(=O)O)c2)Nc2ccc(C(=N)N)cc21. The van der Waals surface area contributed by atoms with E-state index in [1.165, 1.54) is 18.2 Å². The number of nitrogens with two attached hydrogens (primary N) is 2. The summed E-state index contributed by atoms with van der Waals surface area (Å²) in [6.07, 6.45) is 0.490. The number of carboxylic acids is 1. The van der Waals surface area contributed by atoms with E-state index in [1.54, 1.807) is 24.3 Å². The molecular weight excluding hydrogens is 628 g/mol. The van der Waals surface area contributed by atoms with Crippen LogP contribution in [0, 0.1) is 17.0 Å². The van der Waals surface area contributed by atoms with Crippen molar-refractivity contribution < 1.29 is 28.3 Å². The number of carbonyl (C=O) groups is 3. The molecule has 1 aliphatic heterocycles. The van der Waals surface area contributed by atoms with E-state index in [2.05, 4.69) is 17.6 Å². The maximum Gasteiger partial charge on any atom is 0.336 e. The zero-order valence-corrected chi connectivity index (χ0v) is 26.2. The fourth-order valence-electron chi connectivity index (χ4n) is 6.43. The van der Waals surface area contributed by atoms with Gasteiger partial charge in [-0.3, -0.25) is 15.0 Å². The molecule has 9 nitrogen and oxygen atoms in total. The lowest BCUT2D eigenvalue weighted by molar-refractivity contribution is 0.0697. The van der Waals surface area contributed by atoms with Gasteiger partial charge in [-0.1, -0.05) is 43.3 Å². The first-order valence-electron chi connectivity index (χ1n) is 15.2. The quantitative estimate of drug-likeness (QED) is 0.0788. The molecule has 11 heteroatoms. The predicted molar refractivity (Wildman–Crippen MR) is 183 cm³/mol. The van der Waals surface area contributed by atoms with Gasteiger partial charge in [0.05, 0.1) is 11.6 Å². The maximum atomic E-state index is 14.0. The van der Waals surface area contributed by atoms with Crippen molar-refractivity contribution in [3.05, 3.63) is 154 Å². The van der Waals surface area contributed by atoms with Crippen molar-refractivity contribution in [2.24, 2.45) is 11.5 Å². The highest BCUT2D eigenvalue weighted by atomic mass is 19.1. The predicted octanol–water partition coefficient (Wildman–Crippen LogP) is 6.83. The summed E-state index contributed by atoms with van der Waals surface area (Å²) >= 11 is 0. The van der Waals surface area contributed by atoms with E-state index in [1.807, 2.05) is 42.5 Å². The molecule has 0 fully saturated rings. The van der Waals surface area contributed by atoms with Crippen LogP contribution in [0.2, 0.25) is 0 Å². The van der Waals surface area contributed by atoms with Crippen LogP contribution in [0.5, 0.6) is 0 Å². The number of halogens is 2. The van der Waals surface area contributed by atoms with Gasteiger partial charge in [-0.15, -0.1) is 0 Å². The lowest BCUT2D eigenvalue weighted by atomic mass is 9.68. The fourth-order valence-corrected chi connectivity index (χ4v) is 6.43. The Labute approximate surface area is 280 Å². The van der Waals surface area contributed by atoms with E-state index < -0.39 is 40.9 Å². The Balaban J connectivity index is 1.51. The van der Waals surface area contributed by atoms with Gasteiger partial charge in [0.2, 0.25) is 5.91 Å². The van der Waals surface area contributed by atoms with E-state index in [0.717, 1.165) is 28.9 Å². The van der Waals surface area contributed by atoms with E-state index in [-0.39, 0.29) is 33.8 Å². The lowest BCUT2D eigenvalue weighted by Crippen LogP contribution is -2.35. The van der Waals surface area contributed by atoms with Crippen LogP contribution in [-0.4, -0.2) is 28.7 Å². The van der Waals surface area contributed by atoms with Crippen molar-refractivity contribution in [1.82, 2.24) is 0 Å². The maximum absolute atomic E-state index is 14.0. The van der Waals surface area contributed by atoms with Gasteiger partial charge < -0.3 is 27.2 Å². The molecule has 5 aromatic rings. The molecule has 1 aliphatic rings. The molecule has 0 radical (unpaired) electrons. The zero-order valence-electron chi connectivity index (χ0n) is 26.2. The van der Waals surface area contributed by atoms with Gasteiger partial charge in [-0.05, 0) is 94.9 Å². The standard InChI is InChI=1S/C38H31F2N5O4/c1-38(25-5-3-2-4-6-25)19-33(45-32-10-8-20(34(41)42)17-31(32)38)23-11-22(29-9-7-21(35(43)46)16-30(29)37(48)49)14-28(15-23)44-36(47)24-12-26(39)18-27(40)13-24/h2-18,33,45H,19H2,1H3,(H3,41,42)(H2,43,46)(H,44,47)(H,48,49). The Bertz CT molecular complexity index is 2150. The molecule has 0 saturated carbocycles. The smallest absolute Gasteiger partial charge is 0.336 e. The largest absolute Gasteiger partial charge is 0.478 e. The van der Waals surface area contributed by atoms with Crippen LogP contribution in [0.25, 0.3) is 11.1 Å². The molecule has 0 aliphatic carbocycles. The molecule has 1 heterocycles. The second-order valence-electron chi connectivity index (χ2n) is 12.2. The summed E-state index contributed by atoms with van der Waals surface area (Å²) in [5, 5.41) is 24.4. The summed E-state index contributed by atoms with van der Waals surface area (Å²) in [4.78, 5) is 37.5. The molecule has 0 bridgehead atoms. The van der Waals surface area contributed by atoms with Gasteiger partial charge in [0, 0.05) is 39.5 Å². The molecule has 2 amide bonds. The number of anilines is 2. The van der Waals surface area contributed by atoms with Crippen LogP contribution >= 0.6 is 0 Å². The van der Waals surface area contributed by atoms with Crippen LogP contribution in [0.4, 0.5) is 20.2 Å². The number of fused-ring (bicyclic) bond motifs is 1. The molecule has 2 unspecified atom stereocenters. The lowest BCUT2D eigenvalue weighted by Gasteiger charge is -2.42. The van der Waals surface area contributed by atoms with Crippen LogP contribution in [0.3, 0.4) is 0 Å². The van der Waals surface area contributed by atoms with Gasteiger partial charge in [0.1, 0.15) is 17.5 Å². The normalized spacial score (nSPS) is 16.6. The van der Waals surface area contributed by atoms with Crippen molar-refractivity contribution in [3.8, 4) is 11.1 Å². The number of carboxylic acid groups (broad SMARTS) is 1. The number of aromatic carboxylic acids is 1. The molecule has 6 rings (SSSR count). The number of amides is 2. The molecule has 49 heavy (non-hydrogen) atoms.